The smallest absolute Gasteiger partial charge is 0.238 e. The Morgan fingerprint density at radius 1 is 1.60 bits per heavy atom. The highest BCUT2D eigenvalue weighted by Crippen LogP contribution is 2.19. The Labute approximate surface area is 118 Å². The lowest BCUT2D eigenvalue weighted by molar-refractivity contribution is -0.120. The molecule has 1 aromatic rings. The third-order valence-corrected chi connectivity index (χ3v) is 3.39. The SMILES string of the molecule is Cc1ccc(NC(=O)CN2CCOCC2CO)c(N)c1. The van der Waals surface area contributed by atoms with E-state index in [0.717, 1.165) is 5.56 Å². The van der Waals surface area contributed by atoms with E-state index in [2.05, 4.69) is 5.32 Å². The molecule has 1 amide bonds. The number of rotatable bonds is 4. The van der Waals surface area contributed by atoms with Crippen LogP contribution in [0.3, 0.4) is 0 Å². The monoisotopic (exact) mass is 279 g/mol. The second-order valence-electron chi connectivity index (χ2n) is 5.02. The Bertz CT molecular complexity index is 479. The standard InChI is InChI=1S/C14H21N3O3/c1-10-2-3-13(12(15)6-10)16-14(19)7-17-4-5-20-9-11(17)8-18/h2-3,6,11,18H,4-5,7-9,15H2,1H3,(H,16,19). The van der Waals surface area contributed by atoms with Gasteiger partial charge in [0, 0.05) is 6.54 Å². The van der Waals surface area contributed by atoms with Gasteiger partial charge in [0.2, 0.25) is 5.91 Å². The molecule has 1 atom stereocenters. The lowest BCUT2D eigenvalue weighted by Gasteiger charge is -2.33. The van der Waals surface area contributed by atoms with Gasteiger partial charge in [-0.05, 0) is 24.6 Å². The van der Waals surface area contributed by atoms with Crippen LogP contribution < -0.4 is 11.1 Å². The summed E-state index contributed by atoms with van der Waals surface area (Å²) in [6, 6.07) is 5.40. The van der Waals surface area contributed by atoms with Crippen molar-refractivity contribution in [2.75, 3.05) is 44.0 Å². The molecule has 2 rings (SSSR count). The second kappa shape index (κ2) is 6.69. The molecule has 20 heavy (non-hydrogen) atoms. The number of ether oxygens (including phenoxy) is 1. The molecule has 0 aliphatic carbocycles. The van der Waals surface area contributed by atoms with Gasteiger partial charge in [-0.2, -0.15) is 0 Å². The number of carbonyl (C=O) groups excluding carboxylic acids is 1. The molecule has 0 bridgehead atoms. The van der Waals surface area contributed by atoms with Crippen LogP contribution in [0.15, 0.2) is 18.2 Å². The molecule has 1 heterocycles. The van der Waals surface area contributed by atoms with Crippen molar-refractivity contribution in [2.24, 2.45) is 0 Å². The molecule has 6 heteroatoms. The molecule has 1 aliphatic heterocycles. The minimum absolute atomic E-state index is 0.0139. The van der Waals surface area contributed by atoms with Gasteiger partial charge in [0.15, 0.2) is 0 Å². The average molecular weight is 279 g/mol. The molecule has 1 aliphatic rings. The van der Waals surface area contributed by atoms with Crippen molar-refractivity contribution in [1.29, 1.82) is 0 Å². The predicted molar refractivity (Wildman–Crippen MR) is 77.5 cm³/mol. The molecule has 0 spiro atoms. The summed E-state index contributed by atoms with van der Waals surface area (Å²) in [4.78, 5) is 14.0. The van der Waals surface area contributed by atoms with Gasteiger partial charge in [-0.3, -0.25) is 9.69 Å². The molecular weight excluding hydrogens is 258 g/mol. The van der Waals surface area contributed by atoms with E-state index in [-0.39, 0.29) is 25.1 Å². The molecule has 4 N–H and O–H groups in total. The molecule has 110 valence electrons. The zero-order chi connectivity index (χ0) is 14.5. The van der Waals surface area contributed by atoms with E-state index < -0.39 is 0 Å². The number of aryl methyl sites for hydroxylation is 1. The number of nitrogens with one attached hydrogen (secondary N) is 1. The number of carbonyl (C=O) groups is 1. The largest absolute Gasteiger partial charge is 0.397 e. The summed E-state index contributed by atoms with van der Waals surface area (Å²) in [5.41, 5.74) is 8.09. The Morgan fingerprint density at radius 3 is 3.10 bits per heavy atom. The minimum atomic E-state index is -0.138. The van der Waals surface area contributed by atoms with Crippen LogP contribution in [0.4, 0.5) is 11.4 Å². The van der Waals surface area contributed by atoms with Crippen molar-refractivity contribution in [3.63, 3.8) is 0 Å². The zero-order valence-electron chi connectivity index (χ0n) is 11.6. The predicted octanol–water partition coefficient (Wildman–Crippen LogP) is 0.209. The fourth-order valence-electron chi connectivity index (χ4n) is 2.24. The van der Waals surface area contributed by atoms with Gasteiger partial charge < -0.3 is 20.9 Å². The summed E-state index contributed by atoms with van der Waals surface area (Å²) in [7, 11) is 0. The molecule has 1 saturated heterocycles. The first-order valence-electron chi connectivity index (χ1n) is 6.69. The highest BCUT2D eigenvalue weighted by atomic mass is 16.5. The summed E-state index contributed by atoms with van der Waals surface area (Å²) in [6.07, 6.45) is 0. The number of amides is 1. The first-order chi connectivity index (χ1) is 9.60. The van der Waals surface area contributed by atoms with E-state index in [0.29, 0.717) is 31.1 Å². The Hall–Kier alpha value is -1.63. The molecule has 1 aromatic carbocycles. The molecule has 1 fully saturated rings. The lowest BCUT2D eigenvalue weighted by atomic mass is 10.2. The van der Waals surface area contributed by atoms with Crippen LogP contribution in [0.2, 0.25) is 0 Å². The number of nitrogens with zero attached hydrogens (tertiary/aromatic N) is 1. The first-order valence-corrected chi connectivity index (χ1v) is 6.69. The van der Waals surface area contributed by atoms with Crippen LogP contribution in [0.1, 0.15) is 5.56 Å². The maximum absolute atomic E-state index is 12.0. The van der Waals surface area contributed by atoms with Crippen LogP contribution in [0.25, 0.3) is 0 Å². The lowest BCUT2D eigenvalue weighted by Crippen LogP contribution is -2.50. The fraction of sp³-hybridized carbons (Fsp3) is 0.500. The zero-order valence-corrected chi connectivity index (χ0v) is 11.6. The topological polar surface area (TPSA) is 87.8 Å². The van der Waals surface area contributed by atoms with Gasteiger partial charge in [-0.1, -0.05) is 6.07 Å². The number of hydrogen-bond acceptors (Lipinski definition) is 5. The van der Waals surface area contributed by atoms with Gasteiger partial charge in [0.1, 0.15) is 0 Å². The third-order valence-electron chi connectivity index (χ3n) is 3.39. The first kappa shape index (κ1) is 14.8. The fourth-order valence-corrected chi connectivity index (χ4v) is 2.24. The summed E-state index contributed by atoms with van der Waals surface area (Å²) < 4.78 is 5.28. The number of nitrogens with two attached hydrogens (primary N) is 1. The molecule has 0 aromatic heterocycles. The van der Waals surface area contributed by atoms with Gasteiger partial charge in [0.05, 0.1) is 43.8 Å². The Kier molecular flexibility index (Phi) is 4.94. The number of nitrogen functional groups attached to an aromatic ring is 1. The molecular formula is C14H21N3O3. The number of aliphatic hydroxyl groups excluding tert-OH is 1. The number of benzene rings is 1. The van der Waals surface area contributed by atoms with Crippen LogP contribution in [-0.2, 0) is 9.53 Å². The molecule has 0 radical (unpaired) electrons. The minimum Gasteiger partial charge on any atom is -0.397 e. The van der Waals surface area contributed by atoms with Crippen molar-refractivity contribution >= 4 is 17.3 Å². The molecule has 1 unspecified atom stereocenters. The van der Waals surface area contributed by atoms with Gasteiger partial charge >= 0.3 is 0 Å². The van der Waals surface area contributed by atoms with E-state index >= 15 is 0 Å². The summed E-state index contributed by atoms with van der Waals surface area (Å²) in [5.74, 6) is -0.138. The normalized spacial score (nSPS) is 19.8. The van der Waals surface area contributed by atoms with Crippen LogP contribution in [0.5, 0.6) is 0 Å². The van der Waals surface area contributed by atoms with Crippen LogP contribution in [-0.4, -0.2) is 54.9 Å². The van der Waals surface area contributed by atoms with Gasteiger partial charge in [-0.25, -0.2) is 0 Å². The van der Waals surface area contributed by atoms with Crippen LogP contribution >= 0.6 is 0 Å². The van der Waals surface area contributed by atoms with Gasteiger partial charge in [-0.15, -0.1) is 0 Å². The summed E-state index contributed by atoms with van der Waals surface area (Å²) in [6.45, 7) is 3.83. The second-order valence-corrected chi connectivity index (χ2v) is 5.02. The van der Waals surface area contributed by atoms with Crippen molar-refractivity contribution in [1.82, 2.24) is 4.90 Å². The number of aliphatic hydroxyl groups is 1. The average Bonchev–Trinajstić information content (AvgIpc) is 2.42. The quantitative estimate of drug-likeness (QED) is 0.686. The molecule has 6 nitrogen and oxygen atoms in total. The Balaban J connectivity index is 1.94. The maximum Gasteiger partial charge on any atom is 0.238 e. The van der Waals surface area contributed by atoms with E-state index in [1.54, 1.807) is 6.07 Å². The molecule has 0 saturated carbocycles. The van der Waals surface area contributed by atoms with Crippen molar-refractivity contribution in [3.05, 3.63) is 23.8 Å². The van der Waals surface area contributed by atoms with Crippen molar-refractivity contribution < 1.29 is 14.6 Å². The highest BCUT2D eigenvalue weighted by molar-refractivity contribution is 5.95. The third kappa shape index (κ3) is 3.69. The van der Waals surface area contributed by atoms with Crippen molar-refractivity contribution in [2.45, 2.75) is 13.0 Å². The number of hydrogen-bond donors (Lipinski definition) is 3. The highest BCUT2D eigenvalue weighted by Gasteiger charge is 2.24. The Morgan fingerprint density at radius 2 is 2.40 bits per heavy atom. The van der Waals surface area contributed by atoms with E-state index in [1.807, 2.05) is 24.0 Å². The maximum atomic E-state index is 12.0. The van der Waals surface area contributed by atoms with E-state index in [1.165, 1.54) is 0 Å². The van der Waals surface area contributed by atoms with E-state index in [9.17, 15) is 9.90 Å². The number of morpholine rings is 1. The summed E-state index contributed by atoms with van der Waals surface area (Å²) >= 11 is 0. The number of anilines is 2. The van der Waals surface area contributed by atoms with Gasteiger partial charge in [0.25, 0.3) is 0 Å². The van der Waals surface area contributed by atoms with Crippen LogP contribution in [0, 0.1) is 6.92 Å². The summed E-state index contributed by atoms with van der Waals surface area (Å²) in [5, 5.41) is 12.1. The van der Waals surface area contributed by atoms with Crippen molar-refractivity contribution in [3.8, 4) is 0 Å². The van der Waals surface area contributed by atoms with E-state index in [4.69, 9.17) is 10.5 Å².